The standard InChI is InChI=1S/C13H20F2N2O3S/c1-9-5-11(7-16)6-12(10(9)2)21(18,19)17-3-4-20-8-13(14)15/h5-6,13,17H,3-4,7-8,16H2,1-2H3. The zero-order valence-electron chi connectivity index (χ0n) is 12.0. The summed E-state index contributed by atoms with van der Waals surface area (Å²) < 4.78 is 55.1. The maximum absolute atomic E-state index is 12.2. The van der Waals surface area contributed by atoms with E-state index in [0.717, 1.165) is 5.56 Å². The maximum atomic E-state index is 12.2. The third-order valence-corrected chi connectivity index (χ3v) is 4.57. The van der Waals surface area contributed by atoms with Crippen molar-refractivity contribution in [1.82, 2.24) is 4.72 Å². The monoisotopic (exact) mass is 322 g/mol. The summed E-state index contributed by atoms with van der Waals surface area (Å²) in [5, 5.41) is 0. The van der Waals surface area contributed by atoms with Gasteiger partial charge in [-0.15, -0.1) is 0 Å². The van der Waals surface area contributed by atoms with Crippen molar-refractivity contribution in [2.45, 2.75) is 31.7 Å². The molecule has 120 valence electrons. The molecule has 0 aliphatic heterocycles. The molecule has 8 heteroatoms. The molecule has 0 aromatic heterocycles. The van der Waals surface area contributed by atoms with Crippen molar-refractivity contribution in [2.24, 2.45) is 5.73 Å². The summed E-state index contributed by atoms with van der Waals surface area (Å²) in [7, 11) is -3.72. The Balaban J connectivity index is 2.76. The molecule has 0 fully saturated rings. The van der Waals surface area contributed by atoms with Crippen LogP contribution in [-0.4, -0.2) is 34.6 Å². The van der Waals surface area contributed by atoms with Crippen molar-refractivity contribution in [3.63, 3.8) is 0 Å². The minimum absolute atomic E-state index is 0.0691. The fourth-order valence-electron chi connectivity index (χ4n) is 1.79. The van der Waals surface area contributed by atoms with Gasteiger partial charge in [0.25, 0.3) is 6.43 Å². The van der Waals surface area contributed by atoms with E-state index in [1.54, 1.807) is 13.8 Å². The molecule has 0 radical (unpaired) electrons. The van der Waals surface area contributed by atoms with E-state index >= 15 is 0 Å². The lowest BCUT2D eigenvalue weighted by atomic mass is 10.1. The highest BCUT2D eigenvalue weighted by molar-refractivity contribution is 7.89. The van der Waals surface area contributed by atoms with Crippen molar-refractivity contribution >= 4 is 10.0 Å². The van der Waals surface area contributed by atoms with Crippen LogP contribution >= 0.6 is 0 Å². The fraction of sp³-hybridized carbons (Fsp3) is 0.538. The number of nitrogens with two attached hydrogens (primary N) is 1. The van der Waals surface area contributed by atoms with Crippen LogP contribution in [-0.2, 0) is 21.3 Å². The Hall–Kier alpha value is -1.09. The minimum Gasteiger partial charge on any atom is -0.374 e. The first-order valence-electron chi connectivity index (χ1n) is 6.43. The maximum Gasteiger partial charge on any atom is 0.261 e. The first kappa shape index (κ1) is 18.0. The molecule has 0 bridgehead atoms. The third kappa shape index (κ3) is 5.31. The Morgan fingerprint density at radius 1 is 1.33 bits per heavy atom. The number of hydrogen-bond donors (Lipinski definition) is 2. The van der Waals surface area contributed by atoms with Crippen LogP contribution in [0.4, 0.5) is 8.78 Å². The molecule has 21 heavy (non-hydrogen) atoms. The van der Waals surface area contributed by atoms with Crippen LogP contribution in [0.25, 0.3) is 0 Å². The fourth-order valence-corrected chi connectivity index (χ4v) is 3.17. The molecule has 1 aromatic carbocycles. The molecule has 0 spiro atoms. The van der Waals surface area contributed by atoms with Crippen molar-refractivity contribution in [3.8, 4) is 0 Å². The highest BCUT2D eigenvalue weighted by atomic mass is 32.2. The Bertz CT molecular complexity index is 577. The van der Waals surface area contributed by atoms with E-state index in [9.17, 15) is 17.2 Å². The molecule has 1 aromatic rings. The average Bonchev–Trinajstić information content (AvgIpc) is 2.40. The second-order valence-electron chi connectivity index (χ2n) is 4.60. The quantitative estimate of drug-likeness (QED) is 0.707. The zero-order valence-corrected chi connectivity index (χ0v) is 12.8. The van der Waals surface area contributed by atoms with Gasteiger partial charge in [0.15, 0.2) is 0 Å². The normalized spacial score (nSPS) is 12.1. The number of ether oxygens (including phenoxy) is 1. The molecule has 0 amide bonds. The summed E-state index contributed by atoms with van der Waals surface area (Å²) in [6.07, 6.45) is -2.56. The number of alkyl halides is 2. The van der Waals surface area contributed by atoms with Crippen LogP contribution in [0, 0.1) is 13.8 Å². The van der Waals surface area contributed by atoms with Gasteiger partial charge in [-0.2, -0.15) is 0 Å². The SMILES string of the molecule is Cc1cc(CN)cc(S(=O)(=O)NCCOCC(F)F)c1C. The molecule has 0 atom stereocenters. The topological polar surface area (TPSA) is 81.4 Å². The van der Waals surface area contributed by atoms with Crippen LogP contribution in [0.2, 0.25) is 0 Å². The summed E-state index contributed by atoms with van der Waals surface area (Å²) in [4.78, 5) is 0.150. The molecule has 3 N–H and O–H groups in total. The van der Waals surface area contributed by atoms with Crippen molar-refractivity contribution < 1.29 is 21.9 Å². The van der Waals surface area contributed by atoms with Gasteiger partial charge < -0.3 is 10.5 Å². The van der Waals surface area contributed by atoms with E-state index in [-0.39, 0.29) is 24.6 Å². The van der Waals surface area contributed by atoms with E-state index in [4.69, 9.17) is 5.73 Å². The summed E-state index contributed by atoms with van der Waals surface area (Å²) >= 11 is 0. The van der Waals surface area contributed by atoms with Crippen molar-refractivity contribution in [3.05, 3.63) is 28.8 Å². The number of nitrogens with one attached hydrogen (secondary N) is 1. The highest BCUT2D eigenvalue weighted by Gasteiger charge is 2.18. The Morgan fingerprint density at radius 3 is 2.57 bits per heavy atom. The number of rotatable bonds is 8. The van der Waals surface area contributed by atoms with E-state index in [2.05, 4.69) is 9.46 Å². The van der Waals surface area contributed by atoms with Gasteiger partial charge in [0.05, 0.1) is 11.5 Å². The molecule has 0 aliphatic rings. The van der Waals surface area contributed by atoms with Gasteiger partial charge in [0, 0.05) is 13.1 Å². The van der Waals surface area contributed by atoms with Gasteiger partial charge in [-0.05, 0) is 36.6 Å². The summed E-state index contributed by atoms with van der Waals surface area (Å²) in [6, 6.07) is 3.35. The Morgan fingerprint density at radius 2 is 2.00 bits per heavy atom. The van der Waals surface area contributed by atoms with Crippen LogP contribution in [0.5, 0.6) is 0 Å². The molecular weight excluding hydrogens is 302 g/mol. The third-order valence-electron chi connectivity index (χ3n) is 2.99. The molecule has 0 aliphatic carbocycles. The van der Waals surface area contributed by atoms with Gasteiger partial charge in [0.2, 0.25) is 10.0 Å². The number of hydrogen-bond acceptors (Lipinski definition) is 4. The predicted octanol–water partition coefficient (Wildman–Crippen LogP) is 1.32. The number of sulfonamides is 1. The smallest absolute Gasteiger partial charge is 0.261 e. The zero-order chi connectivity index (χ0) is 16.0. The molecule has 1 rings (SSSR count). The molecule has 0 saturated heterocycles. The van der Waals surface area contributed by atoms with E-state index in [0.29, 0.717) is 11.1 Å². The van der Waals surface area contributed by atoms with Crippen LogP contribution in [0.3, 0.4) is 0 Å². The number of halogens is 2. The van der Waals surface area contributed by atoms with Gasteiger partial charge in [-0.3, -0.25) is 0 Å². The van der Waals surface area contributed by atoms with Gasteiger partial charge in [-0.25, -0.2) is 21.9 Å². The summed E-state index contributed by atoms with van der Waals surface area (Å²) in [6.45, 7) is 2.86. The molecule has 0 saturated carbocycles. The minimum atomic E-state index is -3.72. The number of aryl methyl sites for hydroxylation is 1. The van der Waals surface area contributed by atoms with E-state index in [1.165, 1.54) is 6.07 Å². The lowest BCUT2D eigenvalue weighted by Gasteiger charge is -2.13. The first-order chi connectivity index (χ1) is 9.77. The number of benzene rings is 1. The van der Waals surface area contributed by atoms with E-state index in [1.807, 2.05) is 6.07 Å². The van der Waals surface area contributed by atoms with Gasteiger partial charge in [-0.1, -0.05) is 6.07 Å². The second kappa shape index (κ2) is 7.79. The highest BCUT2D eigenvalue weighted by Crippen LogP contribution is 2.20. The van der Waals surface area contributed by atoms with Crippen LogP contribution in [0.1, 0.15) is 16.7 Å². The van der Waals surface area contributed by atoms with Gasteiger partial charge >= 0.3 is 0 Å². The average molecular weight is 322 g/mol. The second-order valence-corrected chi connectivity index (χ2v) is 6.34. The molecule has 5 nitrogen and oxygen atoms in total. The summed E-state index contributed by atoms with van der Waals surface area (Å²) in [5.41, 5.74) is 7.72. The Kier molecular flexibility index (Phi) is 6.66. The summed E-state index contributed by atoms with van der Waals surface area (Å²) in [5.74, 6) is 0. The predicted molar refractivity (Wildman–Crippen MR) is 75.8 cm³/mol. The largest absolute Gasteiger partial charge is 0.374 e. The van der Waals surface area contributed by atoms with Crippen LogP contribution < -0.4 is 10.5 Å². The van der Waals surface area contributed by atoms with Gasteiger partial charge in [0.1, 0.15) is 6.61 Å². The molecule has 0 heterocycles. The molecule has 0 unspecified atom stereocenters. The van der Waals surface area contributed by atoms with Crippen molar-refractivity contribution in [1.29, 1.82) is 0 Å². The lowest BCUT2D eigenvalue weighted by molar-refractivity contribution is 0.0199. The lowest BCUT2D eigenvalue weighted by Crippen LogP contribution is -2.29. The molecular formula is C13H20F2N2O3S. The Labute approximate surface area is 123 Å². The van der Waals surface area contributed by atoms with E-state index < -0.39 is 23.1 Å². The van der Waals surface area contributed by atoms with Crippen LogP contribution in [0.15, 0.2) is 17.0 Å². The first-order valence-corrected chi connectivity index (χ1v) is 7.92. The van der Waals surface area contributed by atoms with Crippen molar-refractivity contribution in [2.75, 3.05) is 19.8 Å².